The lowest BCUT2D eigenvalue weighted by molar-refractivity contribution is 0.243. The molecule has 0 amide bonds. The van der Waals surface area contributed by atoms with Crippen molar-refractivity contribution in [3.05, 3.63) is 47.0 Å². The molecule has 0 spiro atoms. The van der Waals surface area contributed by atoms with Crippen molar-refractivity contribution in [1.29, 1.82) is 0 Å². The van der Waals surface area contributed by atoms with Crippen molar-refractivity contribution in [1.82, 2.24) is 0 Å². The van der Waals surface area contributed by atoms with Crippen molar-refractivity contribution in [2.24, 2.45) is 22.1 Å². The van der Waals surface area contributed by atoms with E-state index in [0.29, 0.717) is 11.8 Å². The molecule has 2 rings (SSSR count). The first kappa shape index (κ1) is 13.8. The average molecular weight is 258 g/mol. The summed E-state index contributed by atoms with van der Waals surface area (Å²) < 4.78 is 5.38. The summed E-state index contributed by atoms with van der Waals surface area (Å²) in [5.41, 5.74) is 3.15. The molecule has 0 bridgehead atoms. The summed E-state index contributed by atoms with van der Waals surface area (Å²) in [6.07, 6.45) is 10.4. The highest BCUT2D eigenvalue weighted by Crippen LogP contribution is 2.30. The lowest BCUT2D eigenvalue weighted by atomic mass is 9.93. The normalized spacial score (nSPS) is 27.6. The van der Waals surface area contributed by atoms with Gasteiger partial charge in [-0.05, 0) is 37.3 Å². The molecule has 2 atom stereocenters. The van der Waals surface area contributed by atoms with Crippen molar-refractivity contribution in [2.75, 3.05) is 7.11 Å². The molecule has 0 heterocycles. The number of rotatable bonds is 3. The Morgan fingerprint density at radius 2 is 2.05 bits per heavy atom. The third-order valence-corrected chi connectivity index (χ3v) is 3.62. The minimum atomic E-state index is 0.429. The Bertz CT molecular complexity index is 495. The smallest absolute Gasteiger partial charge is 0.101 e. The second kappa shape index (κ2) is 6.00. The van der Waals surface area contributed by atoms with Gasteiger partial charge in [0.15, 0.2) is 0 Å². The van der Waals surface area contributed by atoms with Gasteiger partial charge in [0.1, 0.15) is 5.76 Å². The van der Waals surface area contributed by atoms with E-state index >= 15 is 0 Å². The molecule has 3 nitrogen and oxygen atoms in total. The number of azo groups is 1. The Labute approximate surface area is 115 Å². The molecule has 0 radical (unpaired) electrons. The molecule has 0 aromatic heterocycles. The maximum atomic E-state index is 5.38. The molecule has 0 aromatic carbocycles. The van der Waals surface area contributed by atoms with Gasteiger partial charge >= 0.3 is 0 Å². The van der Waals surface area contributed by atoms with Crippen LogP contribution in [0.3, 0.4) is 0 Å². The maximum absolute atomic E-state index is 5.38. The van der Waals surface area contributed by atoms with Crippen molar-refractivity contribution < 1.29 is 4.74 Å². The van der Waals surface area contributed by atoms with Crippen LogP contribution in [-0.2, 0) is 4.74 Å². The zero-order valence-electron chi connectivity index (χ0n) is 12.2. The van der Waals surface area contributed by atoms with Gasteiger partial charge in [-0.15, -0.1) is 0 Å². The van der Waals surface area contributed by atoms with Crippen LogP contribution in [0.15, 0.2) is 57.3 Å². The lowest BCUT2D eigenvalue weighted by Gasteiger charge is -2.20. The summed E-state index contributed by atoms with van der Waals surface area (Å²) in [6, 6.07) is 0. The first-order chi connectivity index (χ1) is 9.10. The molecular weight excluding hydrogens is 236 g/mol. The van der Waals surface area contributed by atoms with E-state index in [1.165, 1.54) is 5.57 Å². The van der Waals surface area contributed by atoms with E-state index in [2.05, 4.69) is 43.2 Å². The Morgan fingerprint density at radius 1 is 1.26 bits per heavy atom. The summed E-state index contributed by atoms with van der Waals surface area (Å²) in [7, 11) is 1.71. The molecule has 3 heteroatoms. The molecule has 0 saturated heterocycles. The van der Waals surface area contributed by atoms with E-state index in [1.807, 2.05) is 12.2 Å². The van der Waals surface area contributed by atoms with Gasteiger partial charge in [0.2, 0.25) is 0 Å². The standard InChI is InChI=1S/C16H22N2O/c1-11-5-7-14(8-6-11)17-18-15-10-16(19-4)13(3)9-12(15)2/h5,7-8,10-11,13H,6,9H2,1-4H3. The molecular formula is C16H22N2O. The third-order valence-electron chi connectivity index (χ3n) is 3.62. The Balaban J connectivity index is 2.13. The molecule has 0 fully saturated rings. The summed E-state index contributed by atoms with van der Waals surface area (Å²) in [4.78, 5) is 0. The van der Waals surface area contributed by atoms with E-state index in [1.54, 1.807) is 7.11 Å². The number of hydrogen-bond acceptors (Lipinski definition) is 3. The van der Waals surface area contributed by atoms with Crippen molar-refractivity contribution in [2.45, 2.75) is 33.6 Å². The number of hydrogen-bond donors (Lipinski definition) is 0. The summed E-state index contributed by atoms with van der Waals surface area (Å²) in [5, 5.41) is 8.70. The molecule has 0 N–H and O–H groups in total. The van der Waals surface area contributed by atoms with Gasteiger partial charge in [-0.3, -0.25) is 0 Å². The van der Waals surface area contributed by atoms with Crippen LogP contribution in [0, 0.1) is 11.8 Å². The number of allylic oxidation sites excluding steroid dienone is 6. The van der Waals surface area contributed by atoms with Gasteiger partial charge in [-0.25, -0.2) is 0 Å². The van der Waals surface area contributed by atoms with E-state index in [9.17, 15) is 0 Å². The average Bonchev–Trinajstić information content (AvgIpc) is 2.40. The fraction of sp³-hybridized carbons (Fsp3) is 0.500. The van der Waals surface area contributed by atoms with Crippen LogP contribution in [0.1, 0.15) is 33.6 Å². The molecule has 2 aliphatic carbocycles. The van der Waals surface area contributed by atoms with Crippen LogP contribution in [-0.4, -0.2) is 7.11 Å². The first-order valence-electron chi connectivity index (χ1n) is 6.85. The molecule has 0 saturated carbocycles. The Kier molecular flexibility index (Phi) is 4.35. The highest BCUT2D eigenvalue weighted by Gasteiger charge is 2.18. The van der Waals surface area contributed by atoms with Gasteiger partial charge < -0.3 is 4.74 Å². The zero-order chi connectivity index (χ0) is 13.8. The number of nitrogens with zero attached hydrogens (tertiary/aromatic N) is 2. The Hall–Kier alpha value is -1.64. The second-order valence-electron chi connectivity index (χ2n) is 5.42. The highest BCUT2D eigenvalue weighted by molar-refractivity contribution is 5.31. The predicted molar refractivity (Wildman–Crippen MR) is 77.4 cm³/mol. The molecule has 0 aliphatic heterocycles. The van der Waals surface area contributed by atoms with Crippen molar-refractivity contribution in [3.63, 3.8) is 0 Å². The Morgan fingerprint density at radius 3 is 2.68 bits per heavy atom. The summed E-state index contributed by atoms with van der Waals surface area (Å²) in [5.74, 6) is 2.02. The zero-order valence-corrected chi connectivity index (χ0v) is 12.2. The maximum Gasteiger partial charge on any atom is 0.101 e. The number of ether oxygens (including phenoxy) is 1. The van der Waals surface area contributed by atoms with Crippen LogP contribution in [0.25, 0.3) is 0 Å². The predicted octanol–water partition coefficient (Wildman–Crippen LogP) is 4.76. The summed E-state index contributed by atoms with van der Waals surface area (Å²) >= 11 is 0. The van der Waals surface area contributed by atoms with Gasteiger partial charge in [-0.1, -0.05) is 26.0 Å². The fourth-order valence-corrected chi connectivity index (χ4v) is 2.34. The van der Waals surface area contributed by atoms with Crippen LogP contribution >= 0.6 is 0 Å². The van der Waals surface area contributed by atoms with Gasteiger partial charge in [0, 0.05) is 12.0 Å². The fourth-order valence-electron chi connectivity index (χ4n) is 2.34. The van der Waals surface area contributed by atoms with Crippen molar-refractivity contribution >= 4 is 0 Å². The SMILES string of the molecule is COC1=CC(N=NC2=CCC(C)C=C2)=C(C)CC1C. The summed E-state index contributed by atoms with van der Waals surface area (Å²) in [6.45, 7) is 6.48. The second-order valence-corrected chi connectivity index (χ2v) is 5.42. The quantitative estimate of drug-likeness (QED) is 0.672. The van der Waals surface area contributed by atoms with Crippen LogP contribution < -0.4 is 0 Å². The van der Waals surface area contributed by atoms with Crippen molar-refractivity contribution in [3.8, 4) is 0 Å². The highest BCUT2D eigenvalue weighted by atomic mass is 16.5. The molecule has 19 heavy (non-hydrogen) atoms. The van der Waals surface area contributed by atoms with Crippen LogP contribution in [0.2, 0.25) is 0 Å². The molecule has 0 aromatic rings. The number of methoxy groups -OCH3 is 1. The van der Waals surface area contributed by atoms with E-state index in [0.717, 1.165) is 30.0 Å². The minimum absolute atomic E-state index is 0.429. The molecule has 2 aliphatic rings. The first-order valence-corrected chi connectivity index (χ1v) is 6.85. The minimum Gasteiger partial charge on any atom is -0.501 e. The largest absolute Gasteiger partial charge is 0.501 e. The monoisotopic (exact) mass is 258 g/mol. The van der Waals surface area contributed by atoms with E-state index < -0.39 is 0 Å². The van der Waals surface area contributed by atoms with E-state index in [-0.39, 0.29) is 0 Å². The van der Waals surface area contributed by atoms with Gasteiger partial charge in [0.05, 0.1) is 18.5 Å². The van der Waals surface area contributed by atoms with Gasteiger partial charge in [-0.2, -0.15) is 10.2 Å². The van der Waals surface area contributed by atoms with Crippen LogP contribution in [0.4, 0.5) is 0 Å². The topological polar surface area (TPSA) is 34.0 Å². The van der Waals surface area contributed by atoms with Crippen LogP contribution in [0.5, 0.6) is 0 Å². The molecule has 2 unspecified atom stereocenters. The molecule has 102 valence electrons. The lowest BCUT2D eigenvalue weighted by Crippen LogP contribution is -2.08. The third kappa shape index (κ3) is 3.43. The van der Waals surface area contributed by atoms with Gasteiger partial charge in [0.25, 0.3) is 0 Å². The van der Waals surface area contributed by atoms with E-state index in [4.69, 9.17) is 4.74 Å².